The first kappa shape index (κ1) is 15.6. The smallest absolute Gasteiger partial charge is 0.307 e. The molecule has 114 valence electrons. The maximum Gasteiger partial charge on any atom is 0.307 e. The maximum atomic E-state index is 12.0. The number of nitrogens with two attached hydrogens (primary N) is 1. The minimum absolute atomic E-state index is 0.173. The van der Waals surface area contributed by atoms with Crippen molar-refractivity contribution in [3.63, 3.8) is 0 Å². The number of aliphatic carboxylic acids is 1. The van der Waals surface area contributed by atoms with Crippen molar-refractivity contribution < 1.29 is 14.7 Å². The number of halogens is 1. The number of anilines is 2. The monoisotopic (exact) mass is 311 g/mol. The quantitative estimate of drug-likeness (QED) is 0.735. The van der Waals surface area contributed by atoms with Gasteiger partial charge in [0, 0.05) is 12.2 Å². The van der Waals surface area contributed by atoms with Crippen molar-refractivity contribution in [3.05, 3.63) is 23.2 Å². The lowest BCUT2D eigenvalue weighted by Gasteiger charge is -2.29. The Bertz CT molecular complexity index is 550. The van der Waals surface area contributed by atoms with E-state index in [2.05, 4.69) is 5.32 Å². The Morgan fingerprint density at radius 1 is 1.48 bits per heavy atom. The molecule has 1 atom stereocenters. The number of nitrogens with one attached hydrogen (secondary N) is 1. The van der Waals surface area contributed by atoms with Crippen molar-refractivity contribution in [1.29, 1.82) is 0 Å². The van der Waals surface area contributed by atoms with Gasteiger partial charge in [0.2, 0.25) is 5.91 Å². The molecule has 1 fully saturated rings. The minimum Gasteiger partial charge on any atom is -0.481 e. The number of hydrogen-bond donors (Lipinski definition) is 3. The summed E-state index contributed by atoms with van der Waals surface area (Å²) in [5.74, 6) is -1.38. The van der Waals surface area contributed by atoms with Crippen molar-refractivity contribution in [2.24, 2.45) is 5.92 Å². The summed E-state index contributed by atoms with van der Waals surface area (Å²) >= 11 is 5.82. The first-order chi connectivity index (χ1) is 9.95. The van der Waals surface area contributed by atoms with Crippen LogP contribution >= 0.6 is 11.6 Å². The molecule has 2 rings (SSSR count). The summed E-state index contributed by atoms with van der Waals surface area (Å²) in [5.41, 5.74) is 6.65. The molecule has 1 aliphatic heterocycles. The second kappa shape index (κ2) is 6.78. The molecule has 6 nitrogen and oxygen atoms in total. The van der Waals surface area contributed by atoms with Gasteiger partial charge in [-0.3, -0.25) is 14.5 Å². The molecule has 7 heteroatoms. The fraction of sp³-hybridized carbons (Fsp3) is 0.429. The molecule has 1 aromatic carbocycles. The number of nitrogens with zero attached hydrogens (tertiary/aromatic N) is 1. The summed E-state index contributed by atoms with van der Waals surface area (Å²) in [6.45, 7) is 1.32. The lowest BCUT2D eigenvalue weighted by Crippen LogP contribution is -2.42. The second-order valence-corrected chi connectivity index (χ2v) is 5.60. The number of hydrogen-bond acceptors (Lipinski definition) is 4. The molecule has 1 aromatic rings. The van der Waals surface area contributed by atoms with Gasteiger partial charge < -0.3 is 16.2 Å². The second-order valence-electron chi connectivity index (χ2n) is 5.20. The average molecular weight is 312 g/mol. The molecule has 0 radical (unpaired) electrons. The van der Waals surface area contributed by atoms with Gasteiger partial charge in [-0.2, -0.15) is 0 Å². The van der Waals surface area contributed by atoms with Crippen LogP contribution in [-0.4, -0.2) is 41.5 Å². The maximum absolute atomic E-state index is 12.0. The van der Waals surface area contributed by atoms with E-state index in [4.69, 9.17) is 22.4 Å². The largest absolute Gasteiger partial charge is 0.481 e. The highest BCUT2D eigenvalue weighted by molar-refractivity contribution is 6.33. The van der Waals surface area contributed by atoms with Crippen LogP contribution in [0.15, 0.2) is 18.2 Å². The third kappa shape index (κ3) is 4.34. The Morgan fingerprint density at radius 2 is 2.24 bits per heavy atom. The van der Waals surface area contributed by atoms with Gasteiger partial charge in [-0.15, -0.1) is 0 Å². The van der Waals surface area contributed by atoms with Crippen molar-refractivity contribution in [3.8, 4) is 0 Å². The van der Waals surface area contributed by atoms with Crippen LogP contribution in [-0.2, 0) is 9.59 Å². The highest BCUT2D eigenvalue weighted by Gasteiger charge is 2.26. The SMILES string of the molecule is Nc1cc(NC(=O)CN2CCCC(C(=O)O)C2)ccc1Cl. The predicted octanol–water partition coefficient (Wildman–Crippen LogP) is 1.66. The third-order valence-corrected chi connectivity index (χ3v) is 3.85. The number of nitrogen functional groups attached to an aromatic ring is 1. The lowest BCUT2D eigenvalue weighted by atomic mass is 9.98. The minimum atomic E-state index is -0.800. The average Bonchev–Trinajstić information content (AvgIpc) is 2.43. The van der Waals surface area contributed by atoms with Gasteiger partial charge in [0.15, 0.2) is 0 Å². The van der Waals surface area contributed by atoms with Gasteiger partial charge in [-0.1, -0.05) is 11.6 Å². The highest BCUT2D eigenvalue weighted by Crippen LogP contribution is 2.22. The molecule has 0 spiro atoms. The van der Waals surface area contributed by atoms with Gasteiger partial charge in [-0.05, 0) is 37.6 Å². The van der Waals surface area contributed by atoms with E-state index in [0.717, 1.165) is 13.0 Å². The van der Waals surface area contributed by atoms with Gasteiger partial charge in [0.05, 0.1) is 23.2 Å². The first-order valence-corrected chi connectivity index (χ1v) is 7.13. The van der Waals surface area contributed by atoms with E-state index < -0.39 is 11.9 Å². The summed E-state index contributed by atoms with van der Waals surface area (Å²) in [7, 11) is 0. The van der Waals surface area contributed by atoms with Crippen LogP contribution in [0.3, 0.4) is 0 Å². The molecular formula is C14H18ClN3O3. The Morgan fingerprint density at radius 3 is 2.90 bits per heavy atom. The molecule has 1 aliphatic rings. The fourth-order valence-corrected chi connectivity index (χ4v) is 2.54. The van der Waals surface area contributed by atoms with Crippen molar-refractivity contribution in [2.45, 2.75) is 12.8 Å². The van der Waals surface area contributed by atoms with E-state index in [-0.39, 0.29) is 12.5 Å². The van der Waals surface area contributed by atoms with E-state index in [1.54, 1.807) is 18.2 Å². The molecule has 0 saturated carbocycles. The van der Waals surface area contributed by atoms with Crippen LogP contribution in [0, 0.1) is 5.92 Å². The molecule has 0 bridgehead atoms. The van der Waals surface area contributed by atoms with E-state index in [1.165, 1.54) is 0 Å². The number of carboxylic acid groups (broad SMARTS) is 1. The van der Waals surface area contributed by atoms with Crippen LogP contribution in [0.1, 0.15) is 12.8 Å². The number of carboxylic acids is 1. The van der Waals surface area contributed by atoms with Gasteiger partial charge >= 0.3 is 5.97 Å². The number of carbonyl (C=O) groups is 2. The summed E-state index contributed by atoms with van der Waals surface area (Å²) in [6.07, 6.45) is 1.46. The molecule has 1 heterocycles. The Kier molecular flexibility index (Phi) is 5.03. The molecule has 4 N–H and O–H groups in total. The van der Waals surface area contributed by atoms with E-state index in [0.29, 0.717) is 29.4 Å². The highest BCUT2D eigenvalue weighted by atomic mass is 35.5. The standard InChI is InChI=1S/C14H18ClN3O3/c15-11-4-3-10(6-12(11)16)17-13(19)8-18-5-1-2-9(7-18)14(20)21/h3-4,6,9H,1-2,5,7-8,16H2,(H,17,19)(H,20,21). The Hall–Kier alpha value is -1.79. The van der Waals surface area contributed by atoms with E-state index in [1.807, 2.05) is 4.90 Å². The predicted molar refractivity (Wildman–Crippen MR) is 81.3 cm³/mol. The van der Waals surface area contributed by atoms with Crippen molar-refractivity contribution in [1.82, 2.24) is 4.90 Å². The van der Waals surface area contributed by atoms with Crippen LogP contribution in [0.2, 0.25) is 5.02 Å². The molecule has 1 saturated heterocycles. The summed E-state index contributed by atoms with van der Waals surface area (Å²) in [6, 6.07) is 4.89. The van der Waals surface area contributed by atoms with Crippen LogP contribution in [0.4, 0.5) is 11.4 Å². The number of rotatable bonds is 4. The van der Waals surface area contributed by atoms with Gasteiger partial charge in [0.25, 0.3) is 0 Å². The molecule has 21 heavy (non-hydrogen) atoms. The van der Waals surface area contributed by atoms with Crippen LogP contribution in [0.5, 0.6) is 0 Å². The summed E-state index contributed by atoms with van der Waals surface area (Å²) in [5, 5.41) is 12.2. The molecule has 1 amide bonds. The summed E-state index contributed by atoms with van der Waals surface area (Å²) < 4.78 is 0. The summed E-state index contributed by atoms with van der Waals surface area (Å²) in [4.78, 5) is 24.8. The number of carbonyl (C=O) groups excluding carboxylic acids is 1. The van der Waals surface area contributed by atoms with Crippen molar-refractivity contribution in [2.75, 3.05) is 30.7 Å². The van der Waals surface area contributed by atoms with E-state index in [9.17, 15) is 9.59 Å². The Labute approximate surface area is 127 Å². The molecule has 0 aromatic heterocycles. The zero-order chi connectivity index (χ0) is 15.4. The molecule has 0 aliphatic carbocycles. The molecular weight excluding hydrogens is 294 g/mol. The third-order valence-electron chi connectivity index (χ3n) is 3.50. The van der Waals surface area contributed by atoms with Crippen LogP contribution < -0.4 is 11.1 Å². The number of piperidine rings is 1. The zero-order valence-electron chi connectivity index (χ0n) is 11.5. The number of likely N-dealkylation sites (tertiary alicyclic amines) is 1. The van der Waals surface area contributed by atoms with Gasteiger partial charge in [0.1, 0.15) is 0 Å². The van der Waals surface area contributed by atoms with E-state index >= 15 is 0 Å². The topological polar surface area (TPSA) is 95.7 Å². The Balaban J connectivity index is 1.89. The fourth-order valence-electron chi connectivity index (χ4n) is 2.43. The zero-order valence-corrected chi connectivity index (χ0v) is 12.3. The number of amides is 1. The van der Waals surface area contributed by atoms with Crippen molar-refractivity contribution >= 4 is 34.9 Å². The normalized spacial score (nSPS) is 19.2. The van der Waals surface area contributed by atoms with Gasteiger partial charge in [-0.25, -0.2) is 0 Å². The molecule has 1 unspecified atom stereocenters. The van der Waals surface area contributed by atoms with Crippen LogP contribution in [0.25, 0.3) is 0 Å². The first-order valence-electron chi connectivity index (χ1n) is 6.75. The lowest BCUT2D eigenvalue weighted by molar-refractivity contribution is -0.144. The number of benzene rings is 1.